The number of hydrogen-bond acceptors (Lipinski definition) is 3. The summed E-state index contributed by atoms with van der Waals surface area (Å²) in [6.45, 7) is 2.75. The van der Waals surface area contributed by atoms with Crippen molar-refractivity contribution in [3.63, 3.8) is 0 Å². The van der Waals surface area contributed by atoms with Gasteiger partial charge in [-0.1, -0.05) is 17.7 Å². The SMILES string of the molecule is O=C(NCC1CCN(c2ccncc2)CC1)c1cccc(Cl)c1. The highest BCUT2D eigenvalue weighted by Gasteiger charge is 2.20. The minimum absolute atomic E-state index is 0.0518. The molecule has 2 aromatic rings. The maximum atomic E-state index is 12.1. The molecule has 0 bridgehead atoms. The molecule has 1 aromatic heterocycles. The molecule has 1 aliphatic rings. The number of carbonyl (C=O) groups excluding carboxylic acids is 1. The van der Waals surface area contributed by atoms with Crippen LogP contribution in [0.25, 0.3) is 0 Å². The normalized spacial score (nSPS) is 15.4. The molecule has 0 spiro atoms. The van der Waals surface area contributed by atoms with Gasteiger partial charge in [-0.2, -0.15) is 0 Å². The van der Waals surface area contributed by atoms with Gasteiger partial charge in [0.2, 0.25) is 0 Å². The zero-order chi connectivity index (χ0) is 16.1. The molecule has 1 aromatic carbocycles. The fourth-order valence-corrected chi connectivity index (χ4v) is 3.11. The highest BCUT2D eigenvalue weighted by atomic mass is 35.5. The van der Waals surface area contributed by atoms with E-state index in [2.05, 4.69) is 15.2 Å². The molecule has 0 saturated carbocycles. The first kappa shape index (κ1) is 15.8. The topological polar surface area (TPSA) is 45.2 Å². The Hall–Kier alpha value is -2.07. The van der Waals surface area contributed by atoms with E-state index in [1.165, 1.54) is 5.69 Å². The van der Waals surface area contributed by atoms with Gasteiger partial charge in [-0.05, 0) is 49.1 Å². The van der Waals surface area contributed by atoms with Gasteiger partial charge in [-0.25, -0.2) is 0 Å². The van der Waals surface area contributed by atoms with Crippen molar-refractivity contribution in [3.05, 3.63) is 59.4 Å². The van der Waals surface area contributed by atoms with Gasteiger partial charge in [0, 0.05) is 48.3 Å². The molecule has 1 N–H and O–H groups in total. The third-order valence-corrected chi connectivity index (χ3v) is 4.52. The van der Waals surface area contributed by atoms with Gasteiger partial charge in [0.05, 0.1) is 0 Å². The maximum absolute atomic E-state index is 12.1. The number of amides is 1. The lowest BCUT2D eigenvalue weighted by Gasteiger charge is -2.33. The molecule has 0 radical (unpaired) electrons. The first-order valence-electron chi connectivity index (χ1n) is 7.91. The van der Waals surface area contributed by atoms with E-state index >= 15 is 0 Å². The molecule has 1 amide bonds. The molecule has 120 valence electrons. The summed E-state index contributed by atoms with van der Waals surface area (Å²) in [5, 5.41) is 3.61. The molecule has 1 saturated heterocycles. The Morgan fingerprint density at radius 2 is 1.96 bits per heavy atom. The van der Waals surface area contributed by atoms with Gasteiger partial charge in [0.15, 0.2) is 0 Å². The fourth-order valence-electron chi connectivity index (χ4n) is 2.92. The molecule has 1 aliphatic heterocycles. The number of carbonyl (C=O) groups is 1. The van der Waals surface area contributed by atoms with Crippen LogP contribution in [0.15, 0.2) is 48.8 Å². The van der Waals surface area contributed by atoms with Crippen LogP contribution in [0.1, 0.15) is 23.2 Å². The van der Waals surface area contributed by atoms with Crippen LogP contribution in [-0.2, 0) is 0 Å². The Kier molecular flexibility index (Phi) is 5.13. The summed E-state index contributed by atoms with van der Waals surface area (Å²) >= 11 is 5.92. The second-order valence-electron chi connectivity index (χ2n) is 5.86. The van der Waals surface area contributed by atoms with Crippen molar-refractivity contribution in [1.82, 2.24) is 10.3 Å². The Labute approximate surface area is 141 Å². The van der Waals surface area contributed by atoms with Crippen molar-refractivity contribution in [1.29, 1.82) is 0 Å². The van der Waals surface area contributed by atoms with E-state index in [0.29, 0.717) is 16.5 Å². The van der Waals surface area contributed by atoms with Crippen LogP contribution in [0.2, 0.25) is 5.02 Å². The average molecular weight is 330 g/mol. The Bertz CT molecular complexity index is 654. The van der Waals surface area contributed by atoms with E-state index in [4.69, 9.17) is 11.6 Å². The molecular formula is C18H20ClN3O. The lowest BCUT2D eigenvalue weighted by Crippen LogP contribution is -2.38. The molecule has 2 heterocycles. The van der Waals surface area contributed by atoms with Gasteiger partial charge < -0.3 is 10.2 Å². The van der Waals surface area contributed by atoms with Crippen molar-refractivity contribution in [2.45, 2.75) is 12.8 Å². The number of aromatic nitrogens is 1. The van der Waals surface area contributed by atoms with Crippen molar-refractivity contribution >= 4 is 23.2 Å². The second kappa shape index (κ2) is 7.47. The number of nitrogens with one attached hydrogen (secondary N) is 1. The number of hydrogen-bond donors (Lipinski definition) is 1. The molecule has 0 aliphatic carbocycles. The quantitative estimate of drug-likeness (QED) is 0.935. The molecule has 23 heavy (non-hydrogen) atoms. The first-order chi connectivity index (χ1) is 11.2. The number of pyridine rings is 1. The summed E-state index contributed by atoms with van der Waals surface area (Å²) in [6, 6.07) is 11.1. The Morgan fingerprint density at radius 1 is 1.22 bits per heavy atom. The number of piperidine rings is 1. The largest absolute Gasteiger partial charge is 0.371 e. The molecule has 0 atom stereocenters. The Balaban J connectivity index is 1.47. The van der Waals surface area contributed by atoms with Gasteiger partial charge in [-0.15, -0.1) is 0 Å². The molecule has 3 rings (SSSR count). The number of halogens is 1. The maximum Gasteiger partial charge on any atom is 0.251 e. The van der Waals surface area contributed by atoms with E-state index in [1.54, 1.807) is 24.3 Å². The highest BCUT2D eigenvalue weighted by molar-refractivity contribution is 6.30. The summed E-state index contributed by atoms with van der Waals surface area (Å²) in [5.74, 6) is 0.472. The van der Waals surface area contributed by atoms with Crippen LogP contribution in [-0.4, -0.2) is 30.5 Å². The van der Waals surface area contributed by atoms with E-state index in [0.717, 1.165) is 32.5 Å². The number of benzene rings is 1. The third-order valence-electron chi connectivity index (χ3n) is 4.28. The standard InChI is InChI=1S/C18H20ClN3O/c19-16-3-1-2-15(12-16)18(23)21-13-14-6-10-22(11-7-14)17-4-8-20-9-5-17/h1-5,8-9,12,14H,6-7,10-11,13H2,(H,21,23). The van der Waals surface area contributed by atoms with Gasteiger partial charge in [-0.3, -0.25) is 9.78 Å². The van der Waals surface area contributed by atoms with E-state index in [1.807, 2.05) is 24.5 Å². The summed E-state index contributed by atoms with van der Waals surface area (Å²) < 4.78 is 0. The van der Waals surface area contributed by atoms with E-state index in [9.17, 15) is 4.79 Å². The molecule has 0 unspecified atom stereocenters. The van der Waals surface area contributed by atoms with Crippen LogP contribution in [0.3, 0.4) is 0 Å². The summed E-state index contributed by atoms with van der Waals surface area (Å²) in [4.78, 5) is 18.6. The number of rotatable bonds is 4. The third kappa shape index (κ3) is 4.23. The van der Waals surface area contributed by atoms with Crippen LogP contribution in [0.5, 0.6) is 0 Å². The summed E-state index contributed by atoms with van der Waals surface area (Å²) in [7, 11) is 0. The summed E-state index contributed by atoms with van der Waals surface area (Å²) in [5.41, 5.74) is 1.84. The second-order valence-corrected chi connectivity index (χ2v) is 6.29. The predicted octanol–water partition coefficient (Wildman–Crippen LogP) is 3.38. The highest BCUT2D eigenvalue weighted by Crippen LogP contribution is 2.22. The lowest BCUT2D eigenvalue weighted by atomic mass is 9.96. The van der Waals surface area contributed by atoms with Gasteiger partial charge in [0.1, 0.15) is 0 Å². The number of anilines is 1. The van der Waals surface area contributed by atoms with Crippen LogP contribution >= 0.6 is 11.6 Å². The predicted molar refractivity (Wildman–Crippen MR) is 93.0 cm³/mol. The minimum Gasteiger partial charge on any atom is -0.371 e. The van der Waals surface area contributed by atoms with E-state index in [-0.39, 0.29) is 5.91 Å². The van der Waals surface area contributed by atoms with Crippen LogP contribution < -0.4 is 10.2 Å². The number of nitrogens with zero attached hydrogens (tertiary/aromatic N) is 2. The molecule has 1 fully saturated rings. The molecule has 5 heteroatoms. The summed E-state index contributed by atoms with van der Waals surface area (Å²) in [6.07, 6.45) is 5.82. The zero-order valence-corrected chi connectivity index (χ0v) is 13.7. The van der Waals surface area contributed by atoms with Crippen LogP contribution in [0.4, 0.5) is 5.69 Å². The first-order valence-corrected chi connectivity index (χ1v) is 8.29. The van der Waals surface area contributed by atoms with Crippen molar-refractivity contribution in [2.24, 2.45) is 5.92 Å². The minimum atomic E-state index is -0.0518. The van der Waals surface area contributed by atoms with Gasteiger partial charge >= 0.3 is 0 Å². The molecular weight excluding hydrogens is 310 g/mol. The Morgan fingerprint density at radius 3 is 2.65 bits per heavy atom. The van der Waals surface area contributed by atoms with Gasteiger partial charge in [0.25, 0.3) is 5.91 Å². The van der Waals surface area contributed by atoms with Crippen molar-refractivity contribution in [3.8, 4) is 0 Å². The molecule has 4 nitrogen and oxygen atoms in total. The average Bonchev–Trinajstić information content (AvgIpc) is 2.61. The fraction of sp³-hybridized carbons (Fsp3) is 0.333. The van der Waals surface area contributed by atoms with Crippen molar-refractivity contribution < 1.29 is 4.79 Å². The van der Waals surface area contributed by atoms with E-state index < -0.39 is 0 Å². The zero-order valence-electron chi connectivity index (χ0n) is 12.9. The van der Waals surface area contributed by atoms with Crippen molar-refractivity contribution in [2.75, 3.05) is 24.5 Å². The monoisotopic (exact) mass is 329 g/mol. The van der Waals surface area contributed by atoms with Crippen LogP contribution in [0, 0.1) is 5.92 Å². The smallest absolute Gasteiger partial charge is 0.251 e. The lowest BCUT2D eigenvalue weighted by molar-refractivity contribution is 0.0945.